The van der Waals surface area contributed by atoms with E-state index in [2.05, 4.69) is 20.8 Å². The molecule has 0 aromatic rings. The van der Waals surface area contributed by atoms with E-state index in [1.807, 2.05) is 33.9 Å². The number of carboxylic acids is 1. The highest BCUT2D eigenvalue weighted by atomic mass is 28.3. The van der Waals surface area contributed by atoms with Gasteiger partial charge in [-0.2, -0.15) is 0 Å². The first-order chi connectivity index (χ1) is 11.7. The molecule has 8 heteroatoms. The van der Waals surface area contributed by atoms with Crippen LogP contribution in [0.4, 0.5) is 4.79 Å². The van der Waals surface area contributed by atoms with Crippen LogP contribution in [0, 0.1) is 11.3 Å². The van der Waals surface area contributed by atoms with Crippen molar-refractivity contribution in [3.8, 4) is 0 Å². The number of amides is 1. The Morgan fingerprint density at radius 1 is 1.19 bits per heavy atom. The maximum absolute atomic E-state index is 12.9. The van der Waals surface area contributed by atoms with E-state index in [1.54, 1.807) is 4.90 Å². The van der Waals surface area contributed by atoms with E-state index >= 15 is 0 Å². The number of hydrogen-bond donors (Lipinski definition) is 1. The minimum absolute atomic E-state index is 0.0241. The van der Waals surface area contributed by atoms with Crippen LogP contribution < -0.4 is 0 Å². The Bertz CT molecular complexity index is 511. The zero-order valence-corrected chi connectivity index (χ0v) is 18.6. The summed E-state index contributed by atoms with van der Waals surface area (Å²) < 4.78 is 17.3. The lowest BCUT2D eigenvalue weighted by atomic mass is 9.79. The first kappa shape index (κ1) is 22.9. The Kier molecular flexibility index (Phi) is 7.29. The highest BCUT2D eigenvalue weighted by Crippen LogP contribution is 2.44. The van der Waals surface area contributed by atoms with Crippen LogP contribution in [0.25, 0.3) is 0 Å². The molecule has 1 N–H and O–H groups in total. The van der Waals surface area contributed by atoms with Gasteiger partial charge in [-0.15, -0.1) is 0 Å². The minimum Gasteiger partial charge on any atom is -0.480 e. The van der Waals surface area contributed by atoms with Gasteiger partial charge in [0.1, 0.15) is 12.2 Å². The lowest BCUT2D eigenvalue weighted by molar-refractivity contribution is -0.149. The molecule has 0 bridgehead atoms. The van der Waals surface area contributed by atoms with Gasteiger partial charge in [-0.05, 0) is 45.2 Å². The maximum Gasteiger partial charge on any atom is 0.412 e. The molecule has 7 nitrogen and oxygen atoms in total. The van der Waals surface area contributed by atoms with Gasteiger partial charge in [-0.3, -0.25) is 4.90 Å². The monoisotopic (exact) mass is 389 g/mol. The van der Waals surface area contributed by atoms with Crippen molar-refractivity contribution in [2.24, 2.45) is 11.3 Å². The Hall–Kier alpha value is -1.12. The zero-order chi connectivity index (χ0) is 20.3. The molecule has 0 radical (unpaired) electrons. The molecule has 1 heterocycles. The number of carbonyl (C=O) groups is 2. The normalized spacial score (nSPS) is 24.2. The third-order valence-electron chi connectivity index (χ3n) is 4.31. The molecule has 1 saturated heterocycles. The van der Waals surface area contributed by atoms with Crippen LogP contribution in [0.1, 0.15) is 48.0 Å². The molecular weight excluding hydrogens is 354 g/mol. The quantitative estimate of drug-likeness (QED) is 0.703. The molecule has 0 unspecified atom stereocenters. The van der Waals surface area contributed by atoms with Gasteiger partial charge in [-0.1, -0.05) is 20.8 Å². The van der Waals surface area contributed by atoms with Gasteiger partial charge in [0.2, 0.25) is 0 Å². The first-order valence-corrected chi connectivity index (χ1v) is 11.9. The first-order valence-electron chi connectivity index (χ1n) is 9.14. The summed E-state index contributed by atoms with van der Waals surface area (Å²) >= 11 is 0. The van der Waals surface area contributed by atoms with Crippen molar-refractivity contribution in [2.45, 2.75) is 72.4 Å². The molecule has 0 aliphatic carbocycles. The van der Waals surface area contributed by atoms with Crippen LogP contribution >= 0.6 is 0 Å². The molecule has 152 valence electrons. The SMILES string of the molecule is C[SiH](C)O[C@]1(COCC(=O)O)C[C@H](C(C)(C)C)CN1C(=O)OC(C)(C)C. The van der Waals surface area contributed by atoms with Crippen LogP contribution in [0.15, 0.2) is 0 Å². The summed E-state index contributed by atoms with van der Waals surface area (Å²) in [5, 5.41) is 8.90. The van der Waals surface area contributed by atoms with Gasteiger partial charge in [0.15, 0.2) is 14.8 Å². The highest BCUT2D eigenvalue weighted by Gasteiger charge is 2.53. The molecule has 1 aliphatic rings. The second-order valence-electron chi connectivity index (χ2n) is 9.36. The summed E-state index contributed by atoms with van der Waals surface area (Å²) in [5.74, 6) is -0.854. The smallest absolute Gasteiger partial charge is 0.412 e. The summed E-state index contributed by atoms with van der Waals surface area (Å²) in [6.07, 6.45) is 0.151. The fraction of sp³-hybridized carbons (Fsp3) is 0.889. The number of ether oxygens (including phenoxy) is 2. The number of carboxylic acid groups (broad SMARTS) is 1. The summed E-state index contributed by atoms with van der Waals surface area (Å²) in [4.78, 5) is 25.4. The van der Waals surface area contributed by atoms with E-state index in [0.717, 1.165) is 0 Å². The summed E-state index contributed by atoms with van der Waals surface area (Å²) in [6.45, 7) is 16.0. The third kappa shape index (κ3) is 6.55. The van der Waals surface area contributed by atoms with E-state index in [-0.39, 0.29) is 17.9 Å². The molecule has 0 aromatic heterocycles. The third-order valence-corrected chi connectivity index (χ3v) is 5.22. The van der Waals surface area contributed by atoms with Gasteiger partial charge in [0, 0.05) is 13.0 Å². The lowest BCUT2D eigenvalue weighted by Gasteiger charge is -2.40. The van der Waals surface area contributed by atoms with Crippen molar-refractivity contribution >= 4 is 21.1 Å². The van der Waals surface area contributed by atoms with Crippen LogP contribution in [-0.2, 0) is 18.7 Å². The number of hydrogen-bond acceptors (Lipinski definition) is 5. The molecule has 1 amide bonds. The van der Waals surface area contributed by atoms with Gasteiger partial charge < -0.3 is 19.0 Å². The predicted octanol–water partition coefficient (Wildman–Crippen LogP) is 3.09. The fourth-order valence-corrected chi connectivity index (χ4v) is 4.27. The Balaban J connectivity index is 3.17. The van der Waals surface area contributed by atoms with Gasteiger partial charge in [0.05, 0.1) is 6.61 Å². The summed E-state index contributed by atoms with van der Waals surface area (Å²) in [7, 11) is -1.55. The van der Waals surface area contributed by atoms with Crippen molar-refractivity contribution in [1.82, 2.24) is 4.90 Å². The van der Waals surface area contributed by atoms with E-state index < -0.39 is 39.0 Å². The molecular formula is C18H35NO6Si. The summed E-state index contributed by atoms with van der Waals surface area (Å²) in [6, 6.07) is 0. The predicted molar refractivity (Wildman–Crippen MR) is 102 cm³/mol. The van der Waals surface area contributed by atoms with Crippen molar-refractivity contribution < 1.29 is 28.6 Å². The molecule has 1 aliphatic heterocycles. The fourth-order valence-electron chi connectivity index (χ4n) is 3.10. The van der Waals surface area contributed by atoms with E-state index in [1.165, 1.54) is 0 Å². The second kappa shape index (κ2) is 8.27. The highest BCUT2D eigenvalue weighted by molar-refractivity contribution is 6.48. The maximum atomic E-state index is 12.9. The molecule has 2 atom stereocenters. The topological polar surface area (TPSA) is 85.3 Å². The van der Waals surface area contributed by atoms with E-state index in [9.17, 15) is 9.59 Å². The van der Waals surface area contributed by atoms with E-state index in [0.29, 0.717) is 13.0 Å². The van der Waals surface area contributed by atoms with Crippen molar-refractivity contribution in [2.75, 3.05) is 19.8 Å². The second-order valence-corrected chi connectivity index (χ2v) is 11.7. The number of nitrogens with zero attached hydrogens (tertiary/aromatic N) is 1. The van der Waals surface area contributed by atoms with Gasteiger partial charge in [0.25, 0.3) is 0 Å². The summed E-state index contributed by atoms with van der Waals surface area (Å²) in [5.41, 5.74) is -1.63. The largest absolute Gasteiger partial charge is 0.480 e. The molecule has 26 heavy (non-hydrogen) atoms. The van der Waals surface area contributed by atoms with Gasteiger partial charge >= 0.3 is 12.1 Å². The average molecular weight is 390 g/mol. The lowest BCUT2D eigenvalue weighted by Crippen LogP contribution is -2.55. The van der Waals surface area contributed by atoms with Crippen LogP contribution in [0.2, 0.25) is 13.1 Å². The number of aliphatic carboxylic acids is 1. The number of carbonyl (C=O) groups excluding carboxylic acids is 1. The van der Waals surface area contributed by atoms with Crippen LogP contribution in [0.5, 0.6) is 0 Å². The Morgan fingerprint density at radius 2 is 1.77 bits per heavy atom. The average Bonchev–Trinajstić information content (AvgIpc) is 2.74. The Labute approximate surface area is 158 Å². The zero-order valence-electron chi connectivity index (χ0n) is 17.4. The molecule has 0 saturated carbocycles. The van der Waals surface area contributed by atoms with Crippen molar-refractivity contribution in [3.05, 3.63) is 0 Å². The number of likely N-dealkylation sites (tertiary alicyclic amines) is 1. The van der Waals surface area contributed by atoms with E-state index in [4.69, 9.17) is 19.0 Å². The van der Waals surface area contributed by atoms with Crippen molar-refractivity contribution in [3.63, 3.8) is 0 Å². The Morgan fingerprint density at radius 3 is 2.19 bits per heavy atom. The molecule has 1 fully saturated rings. The van der Waals surface area contributed by atoms with Crippen LogP contribution in [-0.4, -0.2) is 62.2 Å². The van der Waals surface area contributed by atoms with Crippen molar-refractivity contribution in [1.29, 1.82) is 0 Å². The molecule has 0 aromatic carbocycles. The number of rotatable bonds is 6. The molecule has 0 spiro atoms. The standard InChI is InChI=1S/C18H35NO6Si/c1-16(2,3)13-9-18(25-26(7)8,12-23-11-14(20)21)19(10-13)15(22)24-17(4,5)6/h13,26H,9-12H2,1-8H3,(H,20,21)/t13-,18-/m0/s1. The van der Waals surface area contributed by atoms with Crippen LogP contribution in [0.3, 0.4) is 0 Å². The minimum atomic E-state index is -1.55. The van der Waals surface area contributed by atoms with Gasteiger partial charge in [-0.25, -0.2) is 9.59 Å². The molecule has 1 rings (SSSR count).